The molecule has 124 valence electrons. The van der Waals surface area contributed by atoms with E-state index in [1.54, 1.807) is 20.3 Å². The maximum absolute atomic E-state index is 6.22. The van der Waals surface area contributed by atoms with Crippen LogP contribution in [-0.2, 0) is 6.42 Å². The van der Waals surface area contributed by atoms with Crippen LogP contribution >= 0.6 is 23.2 Å². The molecule has 1 aromatic heterocycles. The lowest BCUT2D eigenvalue weighted by Crippen LogP contribution is -2.02. The van der Waals surface area contributed by atoms with Crippen molar-refractivity contribution in [2.45, 2.75) is 6.42 Å². The van der Waals surface area contributed by atoms with Crippen molar-refractivity contribution in [3.05, 3.63) is 51.9 Å². The van der Waals surface area contributed by atoms with Gasteiger partial charge in [0.25, 0.3) is 0 Å². The number of rotatable bonds is 4. The zero-order valence-electron chi connectivity index (χ0n) is 13.1. The van der Waals surface area contributed by atoms with Gasteiger partial charge in [-0.1, -0.05) is 17.7 Å². The Balaban J connectivity index is 2.13. The number of nitrogens with two attached hydrogens (primary N) is 1. The van der Waals surface area contributed by atoms with Crippen molar-refractivity contribution in [2.75, 3.05) is 20.0 Å². The molecule has 0 fully saturated rings. The molecule has 2 aromatic carbocycles. The first kappa shape index (κ1) is 16.6. The summed E-state index contributed by atoms with van der Waals surface area (Å²) in [5.74, 6) is 1.19. The summed E-state index contributed by atoms with van der Waals surface area (Å²) in [5, 5.41) is 1.43. The monoisotopic (exact) mass is 363 g/mol. The zero-order chi connectivity index (χ0) is 17.3. The second-order valence-electron chi connectivity index (χ2n) is 5.16. The van der Waals surface area contributed by atoms with Gasteiger partial charge in [-0.05, 0) is 41.4 Å². The van der Waals surface area contributed by atoms with Gasteiger partial charge in [-0.2, -0.15) is 0 Å². The van der Waals surface area contributed by atoms with E-state index in [4.69, 9.17) is 38.4 Å². The summed E-state index contributed by atoms with van der Waals surface area (Å²) in [5.41, 5.74) is 9.04. The van der Waals surface area contributed by atoms with Gasteiger partial charge in [0, 0.05) is 11.8 Å². The van der Waals surface area contributed by atoms with Crippen LogP contribution in [-0.4, -0.2) is 24.2 Å². The Bertz CT molecular complexity index is 916. The van der Waals surface area contributed by atoms with Gasteiger partial charge in [-0.3, -0.25) is 0 Å². The van der Waals surface area contributed by atoms with Gasteiger partial charge in [0.1, 0.15) is 11.5 Å². The van der Waals surface area contributed by atoms with Crippen LogP contribution in [0.2, 0.25) is 10.3 Å². The molecule has 0 radical (unpaired) electrons. The zero-order valence-corrected chi connectivity index (χ0v) is 14.6. The molecule has 0 atom stereocenters. The number of ether oxygens (including phenoxy) is 2. The number of benzene rings is 2. The van der Waals surface area contributed by atoms with Crippen molar-refractivity contribution in [1.82, 2.24) is 9.97 Å². The van der Waals surface area contributed by atoms with Crippen LogP contribution in [0, 0.1) is 0 Å². The highest BCUT2D eigenvalue weighted by molar-refractivity contribution is 6.32. The Kier molecular flexibility index (Phi) is 4.64. The van der Waals surface area contributed by atoms with Crippen LogP contribution in [0.25, 0.3) is 10.9 Å². The maximum atomic E-state index is 6.22. The molecule has 0 saturated heterocycles. The van der Waals surface area contributed by atoms with Gasteiger partial charge < -0.3 is 15.2 Å². The quantitative estimate of drug-likeness (QED) is 0.557. The Morgan fingerprint density at radius 3 is 2.38 bits per heavy atom. The summed E-state index contributed by atoms with van der Waals surface area (Å²) in [6.07, 6.45) is 0.500. The number of nitrogen functional groups attached to an aromatic ring is 1. The number of halogens is 2. The second-order valence-corrected chi connectivity index (χ2v) is 5.91. The molecule has 1 heterocycles. The summed E-state index contributed by atoms with van der Waals surface area (Å²) in [4.78, 5) is 8.58. The van der Waals surface area contributed by atoms with Crippen LogP contribution in [0.1, 0.15) is 11.3 Å². The number of hydrogen-bond acceptors (Lipinski definition) is 5. The molecule has 5 nitrogen and oxygen atoms in total. The molecule has 0 aliphatic heterocycles. The number of aromatic nitrogens is 2. The molecule has 0 aliphatic rings. The average molecular weight is 364 g/mol. The van der Waals surface area contributed by atoms with Crippen molar-refractivity contribution in [1.29, 1.82) is 0 Å². The number of methoxy groups -OCH3 is 2. The summed E-state index contributed by atoms with van der Waals surface area (Å²) in [6, 6.07) is 9.13. The number of nitrogens with zero attached hydrogens (tertiary/aromatic N) is 2. The predicted octanol–water partition coefficient (Wildman–Crippen LogP) is 4.13. The minimum absolute atomic E-state index is 0.168. The largest absolute Gasteiger partial charge is 0.495 e. The Morgan fingerprint density at radius 1 is 1.00 bits per heavy atom. The lowest BCUT2D eigenvalue weighted by Gasteiger charge is -2.12. The SMILES string of the molecule is COc1ccc(Cc2nc(Cl)nc3ccc(OC)c(N)c23)cc1Cl. The van der Waals surface area contributed by atoms with Crippen molar-refractivity contribution in [3.8, 4) is 11.5 Å². The van der Waals surface area contributed by atoms with E-state index >= 15 is 0 Å². The van der Waals surface area contributed by atoms with Gasteiger partial charge >= 0.3 is 0 Å². The number of hydrogen-bond donors (Lipinski definition) is 1. The van der Waals surface area contributed by atoms with Crippen LogP contribution in [0.3, 0.4) is 0 Å². The molecule has 3 rings (SSSR count). The van der Waals surface area contributed by atoms with E-state index in [0.717, 1.165) is 10.9 Å². The topological polar surface area (TPSA) is 70.3 Å². The fourth-order valence-electron chi connectivity index (χ4n) is 2.60. The summed E-state index contributed by atoms with van der Waals surface area (Å²) >= 11 is 12.3. The molecule has 7 heteroatoms. The maximum Gasteiger partial charge on any atom is 0.223 e. The van der Waals surface area contributed by atoms with Crippen molar-refractivity contribution < 1.29 is 9.47 Å². The van der Waals surface area contributed by atoms with Crippen molar-refractivity contribution >= 4 is 39.8 Å². The molecule has 24 heavy (non-hydrogen) atoms. The van der Waals surface area contributed by atoms with E-state index in [2.05, 4.69) is 9.97 Å². The molecular weight excluding hydrogens is 349 g/mol. The summed E-state index contributed by atoms with van der Waals surface area (Å²) in [6.45, 7) is 0. The smallest absolute Gasteiger partial charge is 0.223 e. The van der Waals surface area contributed by atoms with Gasteiger partial charge in [-0.15, -0.1) is 0 Å². The fourth-order valence-corrected chi connectivity index (χ4v) is 3.07. The Morgan fingerprint density at radius 2 is 1.71 bits per heavy atom. The molecule has 0 amide bonds. The first-order valence-corrected chi connectivity index (χ1v) is 7.90. The molecule has 0 unspecified atom stereocenters. The molecule has 0 spiro atoms. The highest BCUT2D eigenvalue weighted by atomic mass is 35.5. The van der Waals surface area contributed by atoms with Crippen LogP contribution in [0.4, 0.5) is 5.69 Å². The van der Waals surface area contributed by atoms with E-state index in [1.165, 1.54) is 0 Å². The van der Waals surface area contributed by atoms with Crippen LogP contribution < -0.4 is 15.2 Å². The second kappa shape index (κ2) is 6.71. The summed E-state index contributed by atoms with van der Waals surface area (Å²) in [7, 11) is 3.14. The third-order valence-corrected chi connectivity index (χ3v) is 4.18. The van der Waals surface area contributed by atoms with Crippen LogP contribution in [0.15, 0.2) is 30.3 Å². The molecule has 0 aliphatic carbocycles. The van der Waals surface area contributed by atoms with E-state index in [-0.39, 0.29) is 5.28 Å². The standard InChI is InChI=1S/C17H15Cl2N3O2/c1-23-13-5-3-9(7-10(13)18)8-12-15-11(21-17(19)22-12)4-6-14(24-2)16(15)20/h3-7H,8,20H2,1-2H3. The Labute approximate surface area is 149 Å². The molecule has 0 bridgehead atoms. The highest BCUT2D eigenvalue weighted by Gasteiger charge is 2.14. The lowest BCUT2D eigenvalue weighted by atomic mass is 10.0. The third-order valence-electron chi connectivity index (χ3n) is 3.72. The normalized spacial score (nSPS) is 10.8. The van der Waals surface area contributed by atoms with E-state index < -0.39 is 0 Å². The van der Waals surface area contributed by atoms with Gasteiger partial charge in [0.2, 0.25) is 5.28 Å². The highest BCUT2D eigenvalue weighted by Crippen LogP contribution is 2.33. The van der Waals surface area contributed by atoms with Gasteiger partial charge in [-0.25, -0.2) is 9.97 Å². The minimum atomic E-state index is 0.168. The summed E-state index contributed by atoms with van der Waals surface area (Å²) < 4.78 is 10.5. The van der Waals surface area contributed by atoms with Crippen molar-refractivity contribution in [3.63, 3.8) is 0 Å². The van der Waals surface area contributed by atoms with E-state index in [9.17, 15) is 0 Å². The minimum Gasteiger partial charge on any atom is -0.495 e. The van der Waals surface area contributed by atoms with Gasteiger partial charge in [0.15, 0.2) is 0 Å². The predicted molar refractivity (Wildman–Crippen MR) is 96.3 cm³/mol. The first-order valence-electron chi connectivity index (χ1n) is 7.14. The number of fused-ring (bicyclic) bond motifs is 1. The van der Waals surface area contributed by atoms with E-state index in [1.807, 2.05) is 24.3 Å². The Hall–Kier alpha value is -2.24. The third kappa shape index (κ3) is 3.05. The number of anilines is 1. The average Bonchev–Trinajstić information content (AvgIpc) is 2.55. The fraction of sp³-hybridized carbons (Fsp3) is 0.176. The van der Waals surface area contributed by atoms with Crippen molar-refractivity contribution in [2.24, 2.45) is 0 Å². The van der Waals surface area contributed by atoms with Gasteiger partial charge in [0.05, 0.1) is 36.1 Å². The molecule has 2 N–H and O–H groups in total. The lowest BCUT2D eigenvalue weighted by molar-refractivity contribution is 0.415. The van der Waals surface area contributed by atoms with Crippen LogP contribution in [0.5, 0.6) is 11.5 Å². The van der Waals surface area contributed by atoms with E-state index in [0.29, 0.717) is 39.8 Å². The molecule has 0 saturated carbocycles. The molecule has 3 aromatic rings. The molecular formula is C17H15Cl2N3O2. The first-order chi connectivity index (χ1) is 11.5.